The fourth-order valence-corrected chi connectivity index (χ4v) is 1.39. The SMILES string of the molecule is CC(=O)N(C)NCc1ccc(C(F)(F)F)cc1C. The summed E-state index contributed by atoms with van der Waals surface area (Å²) in [5.74, 6) is -0.167. The first kappa shape index (κ1) is 14.5. The summed E-state index contributed by atoms with van der Waals surface area (Å²) in [6, 6.07) is 3.56. The van der Waals surface area contributed by atoms with Gasteiger partial charge in [-0.15, -0.1) is 0 Å². The number of hydrazine groups is 1. The van der Waals surface area contributed by atoms with E-state index in [1.807, 2.05) is 0 Å². The Morgan fingerprint density at radius 1 is 1.39 bits per heavy atom. The van der Waals surface area contributed by atoms with Crippen LogP contribution in [0.5, 0.6) is 0 Å². The molecule has 1 rings (SSSR count). The van der Waals surface area contributed by atoms with Crippen molar-refractivity contribution in [3.05, 3.63) is 34.9 Å². The summed E-state index contributed by atoms with van der Waals surface area (Å²) in [6.45, 7) is 3.31. The fraction of sp³-hybridized carbons (Fsp3) is 0.417. The molecule has 100 valence electrons. The molecule has 0 atom stereocenters. The van der Waals surface area contributed by atoms with Gasteiger partial charge >= 0.3 is 6.18 Å². The van der Waals surface area contributed by atoms with E-state index >= 15 is 0 Å². The molecule has 1 aromatic rings. The number of benzene rings is 1. The second-order valence-electron chi connectivity index (χ2n) is 4.05. The van der Waals surface area contributed by atoms with Gasteiger partial charge < -0.3 is 0 Å². The van der Waals surface area contributed by atoms with E-state index < -0.39 is 11.7 Å². The first-order chi connectivity index (χ1) is 8.21. The molecule has 18 heavy (non-hydrogen) atoms. The number of rotatable bonds is 3. The van der Waals surface area contributed by atoms with E-state index in [0.717, 1.165) is 17.7 Å². The van der Waals surface area contributed by atoms with Gasteiger partial charge in [-0.25, -0.2) is 5.43 Å². The van der Waals surface area contributed by atoms with Gasteiger partial charge in [-0.2, -0.15) is 13.2 Å². The summed E-state index contributed by atoms with van der Waals surface area (Å²) >= 11 is 0. The Kier molecular flexibility index (Phi) is 4.34. The molecule has 0 radical (unpaired) electrons. The summed E-state index contributed by atoms with van der Waals surface area (Å²) < 4.78 is 37.4. The standard InChI is InChI=1S/C12H15F3N2O/c1-8-6-11(12(13,14)15)5-4-10(8)7-16-17(3)9(2)18/h4-6,16H,7H2,1-3H3. The van der Waals surface area contributed by atoms with E-state index in [4.69, 9.17) is 0 Å². The largest absolute Gasteiger partial charge is 0.416 e. The van der Waals surface area contributed by atoms with E-state index in [9.17, 15) is 18.0 Å². The lowest BCUT2D eigenvalue weighted by Crippen LogP contribution is -2.37. The predicted octanol–water partition coefficient (Wildman–Crippen LogP) is 2.50. The average molecular weight is 260 g/mol. The lowest BCUT2D eigenvalue weighted by atomic mass is 10.1. The van der Waals surface area contributed by atoms with Gasteiger partial charge in [0.25, 0.3) is 0 Å². The van der Waals surface area contributed by atoms with Gasteiger partial charge in [-0.1, -0.05) is 6.07 Å². The van der Waals surface area contributed by atoms with Crippen LogP contribution in [-0.4, -0.2) is 18.0 Å². The first-order valence-corrected chi connectivity index (χ1v) is 5.36. The molecule has 0 aliphatic rings. The smallest absolute Gasteiger partial charge is 0.281 e. The summed E-state index contributed by atoms with van der Waals surface area (Å²) in [5.41, 5.74) is 3.39. The average Bonchev–Trinajstić information content (AvgIpc) is 2.25. The maximum atomic E-state index is 12.5. The highest BCUT2D eigenvalue weighted by Gasteiger charge is 2.30. The zero-order valence-corrected chi connectivity index (χ0v) is 10.4. The third-order valence-corrected chi connectivity index (χ3v) is 2.65. The van der Waals surface area contributed by atoms with Crippen LogP contribution >= 0.6 is 0 Å². The highest BCUT2D eigenvalue weighted by Crippen LogP contribution is 2.30. The second kappa shape index (κ2) is 5.39. The normalized spacial score (nSPS) is 11.4. The van der Waals surface area contributed by atoms with E-state index in [2.05, 4.69) is 5.43 Å². The third-order valence-electron chi connectivity index (χ3n) is 2.65. The summed E-state index contributed by atoms with van der Waals surface area (Å²) in [5, 5.41) is 1.29. The molecular weight excluding hydrogens is 245 g/mol. The Bertz CT molecular complexity index is 443. The maximum Gasteiger partial charge on any atom is 0.416 e. The number of hydrogen-bond acceptors (Lipinski definition) is 2. The number of hydrogen-bond donors (Lipinski definition) is 1. The molecule has 0 fully saturated rings. The topological polar surface area (TPSA) is 32.3 Å². The molecule has 0 spiro atoms. The number of halogens is 3. The Hall–Kier alpha value is -1.56. The molecule has 0 heterocycles. The number of nitrogens with one attached hydrogen (secondary N) is 1. The van der Waals surface area contributed by atoms with Crippen LogP contribution in [0.15, 0.2) is 18.2 Å². The van der Waals surface area contributed by atoms with Crippen molar-refractivity contribution in [1.82, 2.24) is 10.4 Å². The van der Waals surface area contributed by atoms with Crippen LogP contribution in [0.4, 0.5) is 13.2 Å². The van der Waals surface area contributed by atoms with Gasteiger partial charge in [0.1, 0.15) is 0 Å². The number of carbonyl (C=O) groups excluding carboxylic acids is 1. The molecule has 0 saturated heterocycles. The number of nitrogens with zero attached hydrogens (tertiary/aromatic N) is 1. The van der Waals surface area contributed by atoms with Crippen LogP contribution < -0.4 is 5.43 Å². The van der Waals surface area contributed by atoms with Gasteiger partial charge in [-0.3, -0.25) is 9.80 Å². The number of aryl methyl sites for hydroxylation is 1. The van der Waals surface area contributed by atoms with Crippen LogP contribution in [0.25, 0.3) is 0 Å². The van der Waals surface area contributed by atoms with Crippen molar-refractivity contribution in [2.45, 2.75) is 26.6 Å². The molecule has 6 heteroatoms. The summed E-state index contributed by atoms with van der Waals surface area (Å²) in [6.07, 6.45) is -4.33. The van der Waals surface area contributed by atoms with Gasteiger partial charge in [0.05, 0.1) is 5.56 Å². The van der Waals surface area contributed by atoms with E-state index in [-0.39, 0.29) is 5.91 Å². The van der Waals surface area contributed by atoms with Gasteiger partial charge in [0.2, 0.25) is 5.91 Å². The van der Waals surface area contributed by atoms with Crippen molar-refractivity contribution in [1.29, 1.82) is 0 Å². The number of amides is 1. The van der Waals surface area contributed by atoms with E-state index in [1.54, 1.807) is 14.0 Å². The monoisotopic (exact) mass is 260 g/mol. The lowest BCUT2D eigenvalue weighted by molar-refractivity contribution is -0.137. The fourth-order valence-electron chi connectivity index (χ4n) is 1.39. The summed E-state index contributed by atoms with van der Waals surface area (Å²) in [4.78, 5) is 11.0. The van der Waals surface area contributed by atoms with Gasteiger partial charge in [0, 0.05) is 20.5 Å². The van der Waals surface area contributed by atoms with Gasteiger partial charge in [-0.05, 0) is 30.2 Å². The maximum absolute atomic E-state index is 12.5. The Morgan fingerprint density at radius 3 is 2.44 bits per heavy atom. The van der Waals surface area contributed by atoms with E-state index in [1.165, 1.54) is 18.0 Å². The van der Waals surface area contributed by atoms with Crippen molar-refractivity contribution < 1.29 is 18.0 Å². The highest BCUT2D eigenvalue weighted by atomic mass is 19.4. The van der Waals surface area contributed by atoms with E-state index in [0.29, 0.717) is 12.1 Å². The molecule has 1 amide bonds. The van der Waals surface area contributed by atoms with Crippen LogP contribution in [0, 0.1) is 6.92 Å². The van der Waals surface area contributed by atoms with Crippen LogP contribution in [0.2, 0.25) is 0 Å². The van der Waals surface area contributed by atoms with Crippen molar-refractivity contribution in [3.63, 3.8) is 0 Å². The van der Waals surface area contributed by atoms with Gasteiger partial charge in [0.15, 0.2) is 0 Å². The van der Waals surface area contributed by atoms with Crippen molar-refractivity contribution >= 4 is 5.91 Å². The Labute approximate surface area is 104 Å². The molecule has 0 saturated carbocycles. The minimum atomic E-state index is -4.33. The lowest BCUT2D eigenvalue weighted by Gasteiger charge is -2.17. The molecule has 1 aromatic carbocycles. The van der Waals surface area contributed by atoms with Crippen LogP contribution in [0.3, 0.4) is 0 Å². The van der Waals surface area contributed by atoms with Crippen molar-refractivity contribution in [2.75, 3.05) is 7.05 Å². The van der Waals surface area contributed by atoms with Crippen molar-refractivity contribution in [3.8, 4) is 0 Å². The molecule has 0 aromatic heterocycles. The second-order valence-corrected chi connectivity index (χ2v) is 4.05. The first-order valence-electron chi connectivity index (χ1n) is 5.36. The predicted molar refractivity (Wildman–Crippen MR) is 61.5 cm³/mol. The molecule has 1 N–H and O–H groups in total. The zero-order chi connectivity index (χ0) is 13.9. The van der Waals surface area contributed by atoms with Crippen LogP contribution in [-0.2, 0) is 17.5 Å². The zero-order valence-electron chi connectivity index (χ0n) is 10.4. The molecule has 3 nitrogen and oxygen atoms in total. The summed E-state index contributed by atoms with van der Waals surface area (Å²) in [7, 11) is 1.56. The van der Waals surface area contributed by atoms with Crippen molar-refractivity contribution in [2.24, 2.45) is 0 Å². The Morgan fingerprint density at radius 2 is 2.00 bits per heavy atom. The minimum Gasteiger partial charge on any atom is -0.281 e. The highest BCUT2D eigenvalue weighted by molar-refractivity contribution is 5.72. The third kappa shape index (κ3) is 3.73. The molecule has 0 bridgehead atoms. The number of alkyl halides is 3. The quantitative estimate of drug-likeness (QED) is 0.847. The molecule has 0 unspecified atom stereocenters. The van der Waals surface area contributed by atoms with Crippen LogP contribution in [0.1, 0.15) is 23.6 Å². The Balaban J connectivity index is 2.78. The molecule has 0 aliphatic carbocycles. The molecule has 0 aliphatic heterocycles. The number of carbonyl (C=O) groups is 1. The molecular formula is C12H15F3N2O. The minimum absolute atomic E-state index is 0.167.